The molecule has 0 spiro atoms. The Hall–Kier alpha value is -0.0400. The molecular formula is C10H22O. The second-order valence-electron chi connectivity index (χ2n) is 4.23. The van der Waals surface area contributed by atoms with E-state index in [4.69, 9.17) is 5.11 Å². The predicted molar refractivity (Wildman–Crippen MR) is 49.4 cm³/mol. The van der Waals surface area contributed by atoms with Crippen molar-refractivity contribution in [2.24, 2.45) is 23.7 Å². The zero-order valence-corrected chi connectivity index (χ0v) is 8.46. The molecule has 1 unspecified atom stereocenters. The Morgan fingerprint density at radius 1 is 0.909 bits per heavy atom. The van der Waals surface area contributed by atoms with Crippen molar-refractivity contribution in [3.63, 3.8) is 0 Å². The SMILES string of the molecule is CC(C)C(C(C)C)C(C)CO. The molecule has 0 rings (SSSR count). The van der Waals surface area contributed by atoms with Crippen LogP contribution in [0.15, 0.2) is 0 Å². The van der Waals surface area contributed by atoms with Gasteiger partial charge in [0.15, 0.2) is 0 Å². The molecule has 0 amide bonds. The summed E-state index contributed by atoms with van der Waals surface area (Å²) in [5.74, 6) is 2.45. The smallest absolute Gasteiger partial charge is 0.0459 e. The van der Waals surface area contributed by atoms with Crippen LogP contribution in [0.3, 0.4) is 0 Å². The minimum Gasteiger partial charge on any atom is -0.396 e. The Morgan fingerprint density at radius 2 is 1.27 bits per heavy atom. The lowest BCUT2D eigenvalue weighted by Crippen LogP contribution is -2.25. The molecule has 0 aromatic carbocycles. The first-order valence-corrected chi connectivity index (χ1v) is 4.61. The standard InChI is InChI=1S/C10H22O/c1-7(2)10(8(3)4)9(5)6-11/h7-11H,6H2,1-5H3. The maximum Gasteiger partial charge on any atom is 0.0459 e. The van der Waals surface area contributed by atoms with Gasteiger partial charge in [-0.1, -0.05) is 34.6 Å². The van der Waals surface area contributed by atoms with Gasteiger partial charge in [-0.05, 0) is 23.7 Å². The molecule has 0 bridgehead atoms. The van der Waals surface area contributed by atoms with E-state index in [0.717, 1.165) is 0 Å². The van der Waals surface area contributed by atoms with Crippen molar-refractivity contribution in [3.05, 3.63) is 0 Å². The normalized spacial score (nSPS) is 15.0. The fourth-order valence-electron chi connectivity index (χ4n) is 2.21. The monoisotopic (exact) mass is 158 g/mol. The van der Waals surface area contributed by atoms with E-state index in [1.54, 1.807) is 0 Å². The first kappa shape index (κ1) is 11.0. The third-order valence-electron chi connectivity index (χ3n) is 2.48. The average Bonchev–Trinajstić information content (AvgIpc) is 1.85. The molecule has 0 heterocycles. The second kappa shape index (κ2) is 4.76. The quantitative estimate of drug-likeness (QED) is 0.666. The Balaban J connectivity index is 4.09. The minimum atomic E-state index is 0.320. The lowest BCUT2D eigenvalue weighted by atomic mass is 9.77. The maximum absolute atomic E-state index is 9.00. The molecule has 0 saturated carbocycles. The third-order valence-corrected chi connectivity index (χ3v) is 2.48. The summed E-state index contributed by atoms with van der Waals surface area (Å²) in [5.41, 5.74) is 0. The molecule has 0 saturated heterocycles. The van der Waals surface area contributed by atoms with Crippen LogP contribution in [0.25, 0.3) is 0 Å². The van der Waals surface area contributed by atoms with Gasteiger partial charge in [-0.2, -0.15) is 0 Å². The van der Waals surface area contributed by atoms with Crippen LogP contribution in [-0.2, 0) is 0 Å². The fraction of sp³-hybridized carbons (Fsp3) is 1.00. The van der Waals surface area contributed by atoms with E-state index in [9.17, 15) is 0 Å². The van der Waals surface area contributed by atoms with Gasteiger partial charge in [-0.25, -0.2) is 0 Å². The molecule has 0 fully saturated rings. The number of aliphatic hydroxyl groups excluding tert-OH is 1. The molecule has 1 N–H and O–H groups in total. The van der Waals surface area contributed by atoms with Crippen molar-refractivity contribution in [1.29, 1.82) is 0 Å². The summed E-state index contributed by atoms with van der Waals surface area (Å²) in [6.45, 7) is 11.4. The van der Waals surface area contributed by atoms with Crippen molar-refractivity contribution in [2.45, 2.75) is 34.6 Å². The Morgan fingerprint density at radius 3 is 1.36 bits per heavy atom. The number of rotatable bonds is 4. The highest BCUT2D eigenvalue weighted by molar-refractivity contribution is 4.71. The van der Waals surface area contributed by atoms with Gasteiger partial charge in [0, 0.05) is 6.61 Å². The van der Waals surface area contributed by atoms with Crippen molar-refractivity contribution in [3.8, 4) is 0 Å². The first-order valence-electron chi connectivity index (χ1n) is 4.61. The van der Waals surface area contributed by atoms with Crippen molar-refractivity contribution in [2.75, 3.05) is 6.61 Å². The van der Waals surface area contributed by atoms with Gasteiger partial charge < -0.3 is 5.11 Å². The van der Waals surface area contributed by atoms with E-state index >= 15 is 0 Å². The summed E-state index contributed by atoms with van der Waals surface area (Å²) in [5, 5.41) is 9.00. The zero-order chi connectivity index (χ0) is 9.02. The summed E-state index contributed by atoms with van der Waals surface area (Å²) < 4.78 is 0. The van der Waals surface area contributed by atoms with E-state index in [1.807, 2.05) is 0 Å². The van der Waals surface area contributed by atoms with Gasteiger partial charge in [0.05, 0.1) is 0 Å². The van der Waals surface area contributed by atoms with Crippen LogP contribution in [0.2, 0.25) is 0 Å². The average molecular weight is 158 g/mol. The second-order valence-corrected chi connectivity index (χ2v) is 4.23. The Kier molecular flexibility index (Phi) is 4.74. The first-order chi connectivity index (χ1) is 5.00. The van der Waals surface area contributed by atoms with Crippen LogP contribution in [0.5, 0.6) is 0 Å². The highest BCUT2D eigenvalue weighted by Gasteiger charge is 2.22. The van der Waals surface area contributed by atoms with Gasteiger partial charge in [0.25, 0.3) is 0 Å². The largest absolute Gasteiger partial charge is 0.396 e. The van der Waals surface area contributed by atoms with Crippen LogP contribution in [-0.4, -0.2) is 11.7 Å². The van der Waals surface area contributed by atoms with Gasteiger partial charge >= 0.3 is 0 Å². The lowest BCUT2D eigenvalue weighted by molar-refractivity contribution is 0.125. The summed E-state index contributed by atoms with van der Waals surface area (Å²) in [4.78, 5) is 0. The molecule has 0 aliphatic rings. The number of aliphatic hydroxyl groups is 1. The van der Waals surface area contributed by atoms with Crippen LogP contribution >= 0.6 is 0 Å². The molecule has 1 nitrogen and oxygen atoms in total. The molecular weight excluding hydrogens is 136 g/mol. The number of hydrogen-bond donors (Lipinski definition) is 1. The highest BCUT2D eigenvalue weighted by atomic mass is 16.3. The third kappa shape index (κ3) is 3.24. The molecule has 0 aromatic rings. The van der Waals surface area contributed by atoms with E-state index in [1.165, 1.54) is 0 Å². The summed E-state index contributed by atoms with van der Waals surface area (Å²) in [7, 11) is 0. The van der Waals surface area contributed by atoms with E-state index in [-0.39, 0.29) is 0 Å². The number of hydrogen-bond acceptors (Lipinski definition) is 1. The summed E-state index contributed by atoms with van der Waals surface area (Å²) in [6, 6.07) is 0. The van der Waals surface area contributed by atoms with Crippen LogP contribution in [0.1, 0.15) is 34.6 Å². The van der Waals surface area contributed by atoms with Crippen LogP contribution < -0.4 is 0 Å². The van der Waals surface area contributed by atoms with E-state index in [2.05, 4.69) is 34.6 Å². The molecule has 1 atom stereocenters. The van der Waals surface area contributed by atoms with Crippen molar-refractivity contribution in [1.82, 2.24) is 0 Å². The van der Waals surface area contributed by atoms with E-state index < -0.39 is 0 Å². The molecule has 1 heteroatoms. The minimum absolute atomic E-state index is 0.320. The van der Waals surface area contributed by atoms with Gasteiger partial charge in [-0.3, -0.25) is 0 Å². The molecule has 11 heavy (non-hydrogen) atoms. The lowest BCUT2D eigenvalue weighted by Gasteiger charge is -2.29. The Bertz CT molecular complexity index is 89.0. The van der Waals surface area contributed by atoms with Gasteiger partial charge in [0.1, 0.15) is 0 Å². The molecule has 0 aliphatic heterocycles. The maximum atomic E-state index is 9.00. The van der Waals surface area contributed by atoms with Crippen LogP contribution in [0.4, 0.5) is 0 Å². The molecule has 68 valence electrons. The topological polar surface area (TPSA) is 20.2 Å². The van der Waals surface area contributed by atoms with Crippen LogP contribution in [0, 0.1) is 23.7 Å². The summed E-state index contributed by atoms with van der Waals surface area (Å²) in [6.07, 6.45) is 0. The zero-order valence-electron chi connectivity index (χ0n) is 8.46. The van der Waals surface area contributed by atoms with E-state index in [0.29, 0.717) is 30.3 Å². The molecule has 0 aliphatic carbocycles. The fourth-order valence-corrected chi connectivity index (χ4v) is 2.21. The molecule has 0 aromatic heterocycles. The van der Waals surface area contributed by atoms with Crippen molar-refractivity contribution >= 4 is 0 Å². The van der Waals surface area contributed by atoms with Crippen molar-refractivity contribution < 1.29 is 5.11 Å². The molecule has 0 radical (unpaired) electrons. The van der Waals surface area contributed by atoms with Gasteiger partial charge in [0.2, 0.25) is 0 Å². The summed E-state index contributed by atoms with van der Waals surface area (Å²) >= 11 is 0. The predicted octanol–water partition coefficient (Wildman–Crippen LogP) is 2.54. The Labute approximate surface area is 70.8 Å². The van der Waals surface area contributed by atoms with Gasteiger partial charge in [-0.15, -0.1) is 0 Å². The highest BCUT2D eigenvalue weighted by Crippen LogP contribution is 2.27.